The predicted octanol–water partition coefficient (Wildman–Crippen LogP) is 3.78. The molecule has 0 aliphatic carbocycles. The van der Waals surface area contributed by atoms with Crippen LogP contribution in [0.5, 0.6) is 0 Å². The van der Waals surface area contributed by atoms with Crippen molar-refractivity contribution in [2.24, 2.45) is 0 Å². The molecule has 2 heterocycles. The molecule has 4 rings (SSSR count). The van der Waals surface area contributed by atoms with Crippen LogP contribution in [0.4, 0.5) is 0 Å². The molecule has 2 atom stereocenters. The maximum atomic E-state index is 10.9. The van der Waals surface area contributed by atoms with Crippen LogP contribution in [0.25, 0.3) is 0 Å². The van der Waals surface area contributed by atoms with Crippen molar-refractivity contribution in [1.82, 2.24) is 0 Å². The van der Waals surface area contributed by atoms with Gasteiger partial charge in [-0.05, 0) is 40.5 Å². The van der Waals surface area contributed by atoms with Gasteiger partial charge >= 0.3 is 0 Å². The molecule has 88 valence electrons. The third-order valence-electron chi connectivity index (χ3n) is 3.70. The van der Waals surface area contributed by atoms with E-state index in [0.717, 1.165) is 16.3 Å². The second-order valence-electron chi connectivity index (χ2n) is 4.68. The van der Waals surface area contributed by atoms with Gasteiger partial charge in [-0.1, -0.05) is 34.1 Å². The topological polar surface area (TPSA) is 26.3 Å². The fourth-order valence-corrected chi connectivity index (χ4v) is 3.29. The highest BCUT2D eigenvalue weighted by Gasteiger charge is 2.42. The quantitative estimate of drug-likeness (QED) is 0.749. The van der Waals surface area contributed by atoms with Gasteiger partial charge in [0.1, 0.15) is 18.5 Å². The van der Waals surface area contributed by atoms with E-state index in [2.05, 4.69) is 28.1 Å². The summed E-state index contributed by atoms with van der Waals surface area (Å²) in [6.45, 7) is 0. The zero-order chi connectivity index (χ0) is 12.3. The van der Waals surface area contributed by atoms with Gasteiger partial charge in [-0.25, -0.2) is 0 Å². The van der Waals surface area contributed by atoms with Gasteiger partial charge in [0.25, 0.3) is 0 Å². The normalized spacial score (nSPS) is 22.7. The number of aldehydes is 1. The Hall–Kier alpha value is -1.45. The van der Waals surface area contributed by atoms with Gasteiger partial charge in [0.2, 0.25) is 0 Å². The van der Waals surface area contributed by atoms with Crippen molar-refractivity contribution in [3.8, 4) is 0 Å². The van der Waals surface area contributed by atoms with E-state index >= 15 is 0 Å². The number of halogens is 1. The van der Waals surface area contributed by atoms with E-state index in [9.17, 15) is 4.79 Å². The summed E-state index contributed by atoms with van der Waals surface area (Å²) >= 11 is 3.49. The van der Waals surface area contributed by atoms with Crippen LogP contribution in [0.15, 0.2) is 40.9 Å². The number of carbonyl (C=O) groups excluding carboxylic acids is 1. The smallest absolute Gasteiger partial charge is 0.150 e. The van der Waals surface area contributed by atoms with Crippen molar-refractivity contribution in [3.05, 3.63) is 68.7 Å². The summed E-state index contributed by atoms with van der Waals surface area (Å²) in [5.41, 5.74) is 5.50. The number of hydrogen-bond acceptors (Lipinski definition) is 2. The summed E-state index contributed by atoms with van der Waals surface area (Å²) in [5, 5.41) is 0. The molecule has 18 heavy (non-hydrogen) atoms. The van der Waals surface area contributed by atoms with E-state index in [1.807, 2.05) is 24.3 Å². The average molecular weight is 301 g/mol. The molecule has 0 N–H and O–H groups in total. The molecule has 0 radical (unpaired) electrons. The van der Waals surface area contributed by atoms with Crippen molar-refractivity contribution in [2.75, 3.05) is 0 Å². The number of ether oxygens (including phenoxy) is 1. The fraction of sp³-hybridized carbons (Fsp3) is 0.133. The SMILES string of the molecule is O=Cc1ccc2c(c1)[C@H]1O[C@@H]2c2ccc(Br)cc21. The first-order valence-electron chi connectivity index (χ1n) is 5.82. The molecule has 0 amide bonds. The van der Waals surface area contributed by atoms with E-state index in [1.54, 1.807) is 0 Å². The lowest BCUT2D eigenvalue weighted by Gasteiger charge is -2.16. The van der Waals surface area contributed by atoms with Crippen LogP contribution in [0, 0.1) is 0 Å². The standard InChI is InChI=1S/C15H9BrO2/c16-9-2-4-11-13(6-9)15-12-5-8(7-17)1-3-10(12)14(11)18-15/h1-7,14-15H/t14-,15+/m0/s1. The number of rotatable bonds is 1. The van der Waals surface area contributed by atoms with E-state index < -0.39 is 0 Å². The summed E-state index contributed by atoms with van der Waals surface area (Å²) < 4.78 is 7.09. The molecular formula is C15H9BrO2. The molecule has 3 heteroatoms. The summed E-state index contributed by atoms with van der Waals surface area (Å²) in [6.07, 6.45) is 0.903. The molecule has 0 aromatic heterocycles. The molecule has 0 spiro atoms. The molecule has 0 saturated heterocycles. The van der Waals surface area contributed by atoms with Gasteiger partial charge in [0.05, 0.1) is 0 Å². The van der Waals surface area contributed by atoms with Crippen molar-refractivity contribution < 1.29 is 9.53 Å². The number of carbonyl (C=O) groups is 1. The van der Waals surface area contributed by atoms with Crippen LogP contribution in [0.1, 0.15) is 44.8 Å². The zero-order valence-corrected chi connectivity index (χ0v) is 11.0. The highest BCUT2D eigenvalue weighted by Crippen LogP contribution is 2.54. The fourth-order valence-electron chi connectivity index (χ4n) is 2.91. The molecule has 2 bridgehead atoms. The molecule has 2 aromatic carbocycles. The van der Waals surface area contributed by atoms with E-state index in [4.69, 9.17) is 4.74 Å². The van der Waals surface area contributed by atoms with Crippen LogP contribution >= 0.6 is 15.9 Å². The Morgan fingerprint density at radius 1 is 0.944 bits per heavy atom. The van der Waals surface area contributed by atoms with Gasteiger partial charge in [-0.3, -0.25) is 4.79 Å². The summed E-state index contributed by atoms with van der Waals surface area (Å²) in [5.74, 6) is 0. The maximum absolute atomic E-state index is 10.9. The Kier molecular flexibility index (Phi) is 2.05. The third-order valence-corrected chi connectivity index (χ3v) is 4.19. The summed E-state index contributed by atoms with van der Waals surface area (Å²) in [4.78, 5) is 10.9. The Balaban J connectivity index is 1.94. The minimum absolute atomic E-state index is 0.0163. The zero-order valence-electron chi connectivity index (χ0n) is 9.39. The van der Waals surface area contributed by atoms with Gasteiger partial charge in [-0.2, -0.15) is 0 Å². The minimum atomic E-state index is -0.0163. The molecule has 2 aromatic rings. The maximum Gasteiger partial charge on any atom is 0.150 e. The monoisotopic (exact) mass is 300 g/mol. The summed E-state index contributed by atoms with van der Waals surface area (Å²) in [7, 11) is 0. The first-order chi connectivity index (χ1) is 8.78. The van der Waals surface area contributed by atoms with E-state index in [-0.39, 0.29) is 12.2 Å². The van der Waals surface area contributed by atoms with Gasteiger partial charge in [0, 0.05) is 10.0 Å². The lowest BCUT2D eigenvalue weighted by Crippen LogP contribution is -2.03. The molecular weight excluding hydrogens is 292 g/mol. The summed E-state index contributed by atoms with van der Waals surface area (Å²) in [6, 6.07) is 12.1. The van der Waals surface area contributed by atoms with Crippen LogP contribution < -0.4 is 0 Å². The van der Waals surface area contributed by atoms with Crippen LogP contribution in [-0.4, -0.2) is 6.29 Å². The van der Waals surface area contributed by atoms with Gasteiger partial charge in [-0.15, -0.1) is 0 Å². The molecule has 2 aliphatic heterocycles. The van der Waals surface area contributed by atoms with Crippen molar-refractivity contribution in [3.63, 3.8) is 0 Å². The van der Waals surface area contributed by atoms with Gasteiger partial charge < -0.3 is 4.74 Å². The molecule has 0 unspecified atom stereocenters. The largest absolute Gasteiger partial charge is 0.356 e. The second-order valence-corrected chi connectivity index (χ2v) is 5.59. The Labute approximate surface area is 113 Å². The van der Waals surface area contributed by atoms with Crippen LogP contribution in [0.2, 0.25) is 0 Å². The minimum Gasteiger partial charge on any atom is -0.356 e. The first-order valence-corrected chi connectivity index (χ1v) is 6.61. The second kappa shape index (κ2) is 3.53. The lowest BCUT2D eigenvalue weighted by atomic mass is 9.85. The molecule has 0 fully saturated rings. The van der Waals surface area contributed by atoms with Crippen molar-refractivity contribution in [2.45, 2.75) is 12.2 Å². The Morgan fingerprint density at radius 3 is 2.39 bits per heavy atom. The van der Waals surface area contributed by atoms with Crippen LogP contribution in [0.3, 0.4) is 0 Å². The lowest BCUT2D eigenvalue weighted by molar-refractivity contribution is 0.0857. The highest BCUT2D eigenvalue weighted by atomic mass is 79.9. The Morgan fingerprint density at radius 2 is 1.61 bits per heavy atom. The van der Waals surface area contributed by atoms with Gasteiger partial charge in [0.15, 0.2) is 0 Å². The van der Waals surface area contributed by atoms with Crippen LogP contribution in [-0.2, 0) is 4.74 Å². The molecule has 0 saturated carbocycles. The van der Waals surface area contributed by atoms with E-state index in [1.165, 1.54) is 16.7 Å². The molecule has 2 nitrogen and oxygen atoms in total. The highest BCUT2D eigenvalue weighted by molar-refractivity contribution is 9.10. The number of hydrogen-bond donors (Lipinski definition) is 0. The van der Waals surface area contributed by atoms with E-state index in [0.29, 0.717) is 5.56 Å². The number of fused-ring (bicyclic) bond motifs is 8. The number of benzene rings is 2. The molecule has 2 aliphatic rings. The Bertz CT molecular complexity index is 678. The van der Waals surface area contributed by atoms with Crippen molar-refractivity contribution in [1.29, 1.82) is 0 Å². The average Bonchev–Trinajstić information content (AvgIpc) is 2.94. The predicted molar refractivity (Wildman–Crippen MR) is 70.7 cm³/mol. The third kappa shape index (κ3) is 1.23. The van der Waals surface area contributed by atoms with Crippen molar-refractivity contribution >= 4 is 22.2 Å². The first kappa shape index (κ1) is 10.5.